The molecule has 0 bridgehead atoms. The van der Waals surface area contributed by atoms with E-state index in [0.29, 0.717) is 18.2 Å². The first kappa shape index (κ1) is 8.93. The van der Waals surface area contributed by atoms with Crippen LogP contribution in [0.3, 0.4) is 0 Å². The second-order valence-corrected chi connectivity index (χ2v) is 2.22. The van der Waals surface area contributed by atoms with Crippen LogP contribution in [0.25, 0.3) is 0 Å². The lowest BCUT2D eigenvalue weighted by atomic mass is 10.4. The van der Waals surface area contributed by atoms with Crippen LogP contribution in [0.15, 0.2) is 28.1 Å². The molecule has 0 radical (unpaired) electrons. The molecular weight excluding hydrogens is 178 g/mol. The van der Waals surface area contributed by atoms with Crippen molar-refractivity contribution in [3.8, 4) is 0 Å². The highest BCUT2D eigenvalue weighted by molar-refractivity contribution is 6.24. The molecule has 0 aromatic carbocycles. The standard InChI is InChI=1S/C7H8ClN3O/c8-3-5-9-4-1-2-7-10-6-11-12-7/h1,4-6H,2-3H2/b4-1-,9-5-. The van der Waals surface area contributed by atoms with Crippen molar-refractivity contribution in [2.75, 3.05) is 5.88 Å². The van der Waals surface area contributed by atoms with Gasteiger partial charge < -0.3 is 4.52 Å². The first-order valence-electron chi connectivity index (χ1n) is 3.41. The van der Waals surface area contributed by atoms with Crippen LogP contribution in [-0.4, -0.2) is 22.2 Å². The molecule has 0 aliphatic carbocycles. The van der Waals surface area contributed by atoms with Gasteiger partial charge in [0.2, 0.25) is 5.89 Å². The van der Waals surface area contributed by atoms with Gasteiger partial charge in [0.1, 0.15) is 0 Å². The van der Waals surface area contributed by atoms with Gasteiger partial charge in [-0.1, -0.05) is 11.2 Å². The molecule has 12 heavy (non-hydrogen) atoms. The molecule has 1 rings (SSSR count). The van der Waals surface area contributed by atoms with Gasteiger partial charge in [-0.05, 0) is 0 Å². The van der Waals surface area contributed by atoms with Crippen LogP contribution in [0.5, 0.6) is 0 Å². The first-order valence-corrected chi connectivity index (χ1v) is 3.95. The smallest absolute Gasteiger partial charge is 0.230 e. The van der Waals surface area contributed by atoms with Crippen LogP contribution in [0.4, 0.5) is 0 Å². The molecule has 0 aliphatic heterocycles. The number of aromatic nitrogens is 2. The number of aliphatic imine (C=N–C) groups is 1. The van der Waals surface area contributed by atoms with E-state index in [1.54, 1.807) is 12.4 Å². The van der Waals surface area contributed by atoms with Gasteiger partial charge in [-0.25, -0.2) is 0 Å². The fourth-order valence-electron chi connectivity index (χ4n) is 0.601. The number of allylic oxidation sites excluding steroid dienone is 1. The average molecular weight is 186 g/mol. The SMILES string of the molecule is ClC/C=N\C=C/Cc1ncno1. The van der Waals surface area contributed by atoms with Crippen molar-refractivity contribution in [3.05, 3.63) is 24.5 Å². The van der Waals surface area contributed by atoms with E-state index in [1.165, 1.54) is 6.33 Å². The van der Waals surface area contributed by atoms with Gasteiger partial charge in [0.25, 0.3) is 0 Å². The van der Waals surface area contributed by atoms with E-state index in [9.17, 15) is 0 Å². The Morgan fingerprint density at radius 1 is 1.67 bits per heavy atom. The molecule has 0 aliphatic rings. The molecule has 64 valence electrons. The summed E-state index contributed by atoms with van der Waals surface area (Å²) in [4.78, 5) is 7.69. The molecule has 0 fully saturated rings. The quantitative estimate of drug-likeness (QED) is 0.527. The van der Waals surface area contributed by atoms with E-state index in [0.717, 1.165) is 0 Å². The minimum absolute atomic E-state index is 0.422. The molecule has 1 aromatic heterocycles. The molecule has 5 heteroatoms. The van der Waals surface area contributed by atoms with Crippen molar-refractivity contribution >= 4 is 17.8 Å². The number of hydrogen-bond acceptors (Lipinski definition) is 4. The Bertz CT molecular complexity index is 256. The van der Waals surface area contributed by atoms with Gasteiger partial charge in [0.15, 0.2) is 6.33 Å². The lowest BCUT2D eigenvalue weighted by Crippen LogP contribution is -1.78. The minimum Gasteiger partial charge on any atom is -0.339 e. The second-order valence-electron chi connectivity index (χ2n) is 1.91. The van der Waals surface area contributed by atoms with Crippen molar-refractivity contribution in [1.82, 2.24) is 10.1 Å². The summed E-state index contributed by atoms with van der Waals surface area (Å²) in [7, 11) is 0. The van der Waals surface area contributed by atoms with Crippen LogP contribution in [-0.2, 0) is 6.42 Å². The molecule has 1 aromatic rings. The number of halogens is 1. The highest BCUT2D eigenvalue weighted by Gasteiger charge is 1.91. The monoisotopic (exact) mass is 185 g/mol. The Morgan fingerprint density at radius 3 is 3.25 bits per heavy atom. The van der Waals surface area contributed by atoms with Crippen LogP contribution in [0.1, 0.15) is 5.89 Å². The van der Waals surface area contributed by atoms with Crippen molar-refractivity contribution in [1.29, 1.82) is 0 Å². The summed E-state index contributed by atoms with van der Waals surface area (Å²) in [5.41, 5.74) is 0. The zero-order valence-corrected chi connectivity index (χ0v) is 7.11. The third-order valence-corrected chi connectivity index (χ3v) is 1.20. The lowest BCUT2D eigenvalue weighted by Gasteiger charge is -1.81. The van der Waals surface area contributed by atoms with Gasteiger partial charge >= 0.3 is 0 Å². The van der Waals surface area contributed by atoms with E-state index >= 15 is 0 Å². The molecular formula is C7H8ClN3O. The van der Waals surface area contributed by atoms with E-state index in [1.807, 2.05) is 6.08 Å². The third kappa shape index (κ3) is 3.30. The third-order valence-electron chi connectivity index (χ3n) is 1.07. The summed E-state index contributed by atoms with van der Waals surface area (Å²) >= 11 is 5.36. The Morgan fingerprint density at radius 2 is 2.58 bits per heavy atom. The van der Waals surface area contributed by atoms with Gasteiger partial charge in [-0.2, -0.15) is 4.98 Å². The van der Waals surface area contributed by atoms with Gasteiger partial charge in [0.05, 0.1) is 5.88 Å². The lowest BCUT2D eigenvalue weighted by molar-refractivity contribution is 0.385. The summed E-state index contributed by atoms with van der Waals surface area (Å²) in [5, 5.41) is 3.46. The maximum atomic E-state index is 5.36. The zero-order valence-electron chi connectivity index (χ0n) is 6.35. The van der Waals surface area contributed by atoms with Gasteiger partial charge in [-0.15, -0.1) is 11.6 Å². The van der Waals surface area contributed by atoms with Crippen LogP contribution in [0, 0.1) is 0 Å². The molecule has 0 N–H and O–H groups in total. The first-order chi connectivity index (χ1) is 5.93. The number of rotatable bonds is 4. The zero-order chi connectivity index (χ0) is 8.65. The maximum absolute atomic E-state index is 5.36. The van der Waals surface area contributed by atoms with Crippen LogP contribution in [0.2, 0.25) is 0 Å². The van der Waals surface area contributed by atoms with Gasteiger partial charge in [0, 0.05) is 18.8 Å². The highest BCUT2D eigenvalue weighted by Crippen LogP contribution is 1.93. The topological polar surface area (TPSA) is 51.3 Å². The van der Waals surface area contributed by atoms with E-state index < -0.39 is 0 Å². The summed E-state index contributed by atoms with van der Waals surface area (Å²) < 4.78 is 4.75. The Labute approximate surface area is 75.0 Å². The van der Waals surface area contributed by atoms with Crippen molar-refractivity contribution < 1.29 is 4.52 Å². The number of hydrogen-bond donors (Lipinski definition) is 0. The summed E-state index contributed by atoms with van der Waals surface area (Å²) in [6, 6.07) is 0. The molecule has 0 saturated heterocycles. The Hall–Kier alpha value is -1.16. The molecule has 0 saturated carbocycles. The summed E-state index contributed by atoms with van der Waals surface area (Å²) in [5.74, 6) is 0.998. The largest absolute Gasteiger partial charge is 0.339 e. The van der Waals surface area contributed by atoms with E-state index in [2.05, 4.69) is 15.1 Å². The number of alkyl halides is 1. The predicted octanol–water partition coefficient (Wildman–Crippen LogP) is 1.44. The maximum Gasteiger partial charge on any atom is 0.230 e. The molecule has 0 atom stereocenters. The molecule has 0 spiro atoms. The molecule has 1 heterocycles. The molecule has 0 unspecified atom stereocenters. The fraction of sp³-hybridized carbons (Fsp3) is 0.286. The van der Waals surface area contributed by atoms with Gasteiger partial charge in [-0.3, -0.25) is 4.99 Å². The summed E-state index contributed by atoms with van der Waals surface area (Å²) in [6.07, 6.45) is 7.03. The van der Waals surface area contributed by atoms with Crippen molar-refractivity contribution in [3.63, 3.8) is 0 Å². The molecule has 4 nitrogen and oxygen atoms in total. The predicted molar refractivity (Wildman–Crippen MR) is 46.4 cm³/mol. The average Bonchev–Trinajstić information content (AvgIpc) is 2.57. The van der Waals surface area contributed by atoms with Crippen LogP contribution < -0.4 is 0 Å². The molecule has 0 amide bonds. The highest BCUT2D eigenvalue weighted by atomic mass is 35.5. The van der Waals surface area contributed by atoms with Crippen molar-refractivity contribution in [2.24, 2.45) is 4.99 Å². The van der Waals surface area contributed by atoms with E-state index in [-0.39, 0.29) is 0 Å². The minimum atomic E-state index is 0.422. The summed E-state index contributed by atoms with van der Waals surface area (Å²) in [6.45, 7) is 0. The van der Waals surface area contributed by atoms with E-state index in [4.69, 9.17) is 16.1 Å². The Kier molecular flexibility index (Phi) is 4.08. The fourth-order valence-corrected chi connectivity index (χ4v) is 0.681. The van der Waals surface area contributed by atoms with Crippen molar-refractivity contribution in [2.45, 2.75) is 6.42 Å². The normalized spacial score (nSPS) is 11.8. The number of nitrogens with zero attached hydrogens (tertiary/aromatic N) is 3. The Balaban J connectivity index is 2.26. The second kappa shape index (κ2) is 5.49. The van der Waals surface area contributed by atoms with Crippen LogP contribution >= 0.6 is 11.6 Å².